The van der Waals surface area contributed by atoms with E-state index in [9.17, 15) is 13.2 Å². The van der Waals surface area contributed by atoms with Crippen LogP contribution in [0.1, 0.15) is 18.1 Å². The van der Waals surface area contributed by atoms with Gasteiger partial charge >= 0.3 is 6.18 Å². The summed E-state index contributed by atoms with van der Waals surface area (Å²) in [5.41, 5.74) is -0.748. The van der Waals surface area contributed by atoms with Gasteiger partial charge in [0.2, 0.25) is 0 Å². The number of nitrogens with zero attached hydrogens (tertiary/aromatic N) is 2. The Hall–Kier alpha value is -2.02. The van der Waals surface area contributed by atoms with Gasteiger partial charge in [-0.25, -0.2) is 0 Å². The molecule has 0 aliphatic rings. The SMILES string of the molecule is CCn1cc(Oc2ccc(CO)cc2C(F)(F)F)cn1. The van der Waals surface area contributed by atoms with Crippen LogP contribution in [-0.2, 0) is 19.3 Å². The molecule has 0 bridgehead atoms. The molecule has 0 radical (unpaired) electrons. The molecule has 0 saturated carbocycles. The molecule has 0 amide bonds. The van der Waals surface area contributed by atoms with E-state index in [0.717, 1.165) is 6.07 Å². The number of benzene rings is 1. The number of aromatic nitrogens is 2. The molecule has 7 heteroatoms. The van der Waals surface area contributed by atoms with Gasteiger partial charge in [-0.3, -0.25) is 4.68 Å². The highest BCUT2D eigenvalue weighted by molar-refractivity contribution is 5.41. The molecular formula is C13H13F3N2O2. The summed E-state index contributed by atoms with van der Waals surface area (Å²) in [6, 6.07) is 3.45. The average molecular weight is 286 g/mol. The number of aryl methyl sites for hydroxylation is 1. The van der Waals surface area contributed by atoms with Crippen molar-refractivity contribution in [1.29, 1.82) is 0 Å². The number of halogens is 3. The first-order valence-corrected chi connectivity index (χ1v) is 5.95. The van der Waals surface area contributed by atoms with Gasteiger partial charge in [0.1, 0.15) is 5.75 Å². The Morgan fingerprint density at radius 3 is 2.65 bits per heavy atom. The highest BCUT2D eigenvalue weighted by Crippen LogP contribution is 2.38. The predicted molar refractivity (Wildman–Crippen MR) is 65.3 cm³/mol. The summed E-state index contributed by atoms with van der Waals surface area (Å²) in [4.78, 5) is 0. The van der Waals surface area contributed by atoms with E-state index in [-0.39, 0.29) is 17.1 Å². The highest BCUT2D eigenvalue weighted by atomic mass is 19.4. The smallest absolute Gasteiger partial charge is 0.419 e. The van der Waals surface area contributed by atoms with Crippen LogP contribution in [0.4, 0.5) is 13.2 Å². The maximum absolute atomic E-state index is 13.0. The molecule has 1 aromatic carbocycles. The van der Waals surface area contributed by atoms with E-state index in [1.54, 1.807) is 4.68 Å². The second kappa shape index (κ2) is 5.54. The summed E-state index contributed by atoms with van der Waals surface area (Å²) in [7, 11) is 0. The Morgan fingerprint density at radius 2 is 2.10 bits per heavy atom. The topological polar surface area (TPSA) is 47.3 Å². The van der Waals surface area contributed by atoms with Gasteiger partial charge in [0.05, 0.1) is 24.6 Å². The predicted octanol–water partition coefficient (Wildman–Crippen LogP) is 3.21. The molecule has 0 spiro atoms. The molecule has 1 heterocycles. The van der Waals surface area contributed by atoms with Crippen molar-refractivity contribution in [2.24, 2.45) is 0 Å². The zero-order valence-electron chi connectivity index (χ0n) is 10.7. The maximum atomic E-state index is 13.0. The lowest BCUT2D eigenvalue weighted by molar-refractivity contribution is -0.138. The molecular weight excluding hydrogens is 273 g/mol. The van der Waals surface area contributed by atoms with Crippen molar-refractivity contribution in [3.63, 3.8) is 0 Å². The Kier molecular flexibility index (Phi) is 3.99. The highest BCUT2D eigenvalue weighted by Gasteiger charge is 2.35. The first-order chi connectivity index (χ1) is 9.44. The van der Waals surface area contributed by atoms with E-state index in [1.165, 1.54) is 24.5 Å². The molecule has 20 heavy (non-hydrogen) atoms. The summed E-state index contributed by atoms with van der Waals surface area (Å²) in [6.07, 6.45) is -1.69. The molecule has 4 nitrogen and oxygen atoms in total. The first-order valence-electron chi connectivity index (χ1n) is 5.95. The van der Waals surface area contributed by atoms with E-state index < -0.39 is 18.3 Å². The van der Waals surface area contributed by atoms with Crippen LogP contribution in [-0.4, -0.2) is 14.9 Å². The van der Waals surface area contributed by atoms with Crippen LogP contribution in [0.25, 0.3) is 0 Å². The molecule has 0 unspecified atom stereocenters. The van der Waals surface area contributed by atoms with E-state index in [2.05, 4.69) is 5.10 Å². The van der Waals surface area contributed by atoms with Crippen LogP contribution < -0.4 is 4.74 Å². The minimum atomic E-state index is -4.55. The van der Waals surface area contributed by atoms with Crippen molar-refractivity contribution in [1.82, 2.24) is 9.78 Å². The third-order valence-corrected chi connectivity index (χ3v) is 2.69. The number of alkyl halides is 3. The van der Waals surface area contributed by atoms with Gasteiger partial charge in [0.15, 0.2) is 5.75 Å². The fourth-order valence-electron chi connectivity index (χ4n) is 1.68. The lowest BCUT2D eigenvalue weighted by Crippen LogP contribution is -2.08. The standard InChI is InChI=1S/C13H13F3N2O2/c1-2-18-7-10(6-17-18)20-12-4-3-9(8-19)5-11(12)13(14,15)16/h3-7,19H,2,8H2,1H3. The van der Waals surface area contributed by atoms with Crippen LogP contribution in [0, 0.1) is 0 Å². The third kappa shape index (κ3) is 3.11. The Labute approximate surface area is 113 Å². The Morgan fingerprint density at radius 1 is 1.35 bits per heavy atom. The van der Waals surface area contributed by atoms with Crippen molar-refractivity contribution >= 4 is 0 Å². The number of aliphatic hydroxyl groups is 1. The second-order valence-electron chi connectivity index (χ2n) is 4.12. The summed E-state index contributed by atoms with van der Waals surface area (Å²) < 4.78 is 45.6. The molecule has 1 N–H and O–H groups in total. The molecule has 1 aromatic heterocycles. The number of rotatable bonds is 4. The van der Waals surface area contributed by atoms with Gasteiger partial charge in [-0.05, 0) is 24.6 Å². The monoisotopic (exact) mass is 286 g/mol. The van der Waals surface area contributed by atoms with Crippen LogP contribution >= 0.6 is 0 Å². The van der Waals surface area contributed by atoms with Crippen LogP contribution in [0.2, 0.25) is 0 Å². The molecule has 108 valence electrons. The fourth-order valence-corrected chi connectivity index (χ4v) is 1.68. The van der Waals surface area contributed by atoms with Gasteiger partial charge in [0, 0.05) is 6.54 Å². The lowest BCUT2D eigenvalue weighted by Gasteiger charge is -2.13. The molecule has 0 atom stereocenters. The van der Waals surface area contributed by atoms with Gasteiger partial charge in [-0.1, -0.05) is 6.07 Å². The van der Waals surface area contributed by atoms with Crippen LogP contribution in [0.3, 0.4) is 0 Å². The summed E-state index contributed by atoms with van der Waals surface area (Å²) >= 11 is 0. The minimum Gasteiger partial charge on any atom is -0.453 e. The van der Waals surface area contributed by atoms with E-state index in [1.807, 2.05) is 6.92 Å². The van der Waals surface area contributed by atoms with Crippen molar-refractivity contribution in [2.45, 2.75) is 26.3 Å². The molecule has 0 saturated heterocycles. The third-order valence-electron chi connectivity index (χ3n) is 2.69. The van der Waals surface area contributed by atoms with Crippen molar-refractivity contribution in [2.75, 3.05) is 0 Å². The summed E-state index contributed by atoms with van der Waals surface area (Å²) in [5.74, 6) is -0.0838. The lowest BCUT2D eigenvalue weighted by atomic mass is 10.1. The number of aliphatic hydroxyl groups excluding tert-OH is 1. The molecule has 0 fully saturated rings. The second-order valence-corrected chi connectivity index (χ2v) is 4.12. The van der Waals surface area contributed by atoms with E-state index >= 15 is 0 Å². The first kappa shape index (κ1) is 14.4. The molecule has 0 aliphatic carbocycles. The average Bonchev–Trinajstić information content (AvgIpc) is 2.85. The zero-order chi connectivity index (χ0) is 14.8. The Bertz CT molecular complexity index is 594. The van der Waals surface area contributed by atoms with E-state index in [4.69, 9.17) is 9.84 Å². The molecule has 2 rings (SSSR count). The van der Waals surface area contributed by atoms with Crippen molar-refractivity contribution < 1.29 is 23.0 Å². The van der Waals surface area contributed by atoms with Crippen molar-refractivity contribution in [3.05, 3.63) is 41.7 Å². The normalized spacial score (nSPS) is 11.7. The number of ether oxygens (including phenoxy) is 1. The molecule has 2 aromatic rings. The van der Waals surface area contributed by atoms with Crippen LogP contribution in [0.15, 0.2) is 30.6 Å². The van der Waals surface area contributed by atoms with Crippen LogP contribution in [0.5, 0.6) is 11.5 Å². The molecule has 0 aliphatic heterocycles. The van der Waals surface area contributed by atoms with Crippen molar-refractivity contribution in [3.8, 4) is 11.5 Å². The minimum absolute atomic E-state index is 0.175. The summed E-state index contributed by atoms with van der Waals surface area (Å²) in [6.45, 7) is 1.99. The maximum Gasteiger partial charge on any atom is 0.419 e. The van der Waals surface area contributed by atoms with E-state index in [0.29, 0.717) is 6.54 Å². The van der Waals surface area contributed by atoms with Gasteiger partial charge in [-0.2, -0.15) is 18.3 Å². The number of hydrogen-bond acceptors (Lipinski definition) is 3. The number of hydrogen-bond donors (Lipinski definition) is 1. The summed E-state index contributed by atoms with van der Waals surface area (Å²) in [5, 5.41) is 12.8. The fraction of sp³-hybridized carbons (Fsp3) is 0.308. The Balaban J connectivity index is 2.35. The van der Waals surface area contributed by atoms with Gasteiger partial charge in [0.25, 0.3) is 0 Å². The van der Waals surface area contributed by atoms with Gasteiger partial charge < -0.3 is 9.84 Å². The van der Waals surface area contributed by atoms with Gasteiger partial charge in [-0.15, -0.1) is 0 Å². The quantitative estimate of drug-likeness (QED) is 0.938. The largest absolute Gasteiger partial charge is 0.453 e. The zero-order valence-corrected chi connectivity index (χ0v) is 10.7.